The monoisotopic (exact) mass is 235 g/mol. The van der Waals surface area contributed by atoms with Gasteiger partial charge in [0, 0.05) is 6.04 Å². The lowest BCUT2D eigenvalue weighted by atomic mass is 9.77. The van der Waals surface area contributed by atoms with Crippen LogP contribution >= 0.6 is 0 Å². The number of halogens is 3. The minimum absolute atomic E-state index is 0.0344. The molecule has 1 atom stereocenters. The molecular weight excluding hydrogens is 215 g/mol. The quantitative estimate of drug-likeness (QED) is 0.739. The first-order valence-corrected chi connectivity index (χ1v) is 5.88. The summed E-state index contributed by atoms with van der Waals surface area (Å²) in [5.74, 6) is -0.839. The van der Waals surface area contributed by atoms with E-state index in [1.807, 2.05) is 0 Å². The molecular formula is C12H20F3N. The Morgan fingerprint density at radius 2 is 1.81 bits per heavy atom. The van der Waals surface area contributed by atoms with Crippen LogP contribution < -0.4 is 5.73 Å². The van der Waals surface area contributed by atoms with Gasteiger partial charge in [0.15, 0.2) is 0 Å². The van der Waals surface area contributed by atoms with Gasteiger partial charge in [0.2, 0.25) is 0 Å². The third-order valence-corrected chi connectivity index (χ3v) is 3.54. The van der Waals surface area contributed by atoms with E-state index in [2.05, 4.69) is 6.58 Å². The van der Waals surface area contributed by atoms with Crippen molar-refractivity contribution in [3.8, 4) is 0 Å². The van der Waals surface area contributed by atoms with Crippen LogP contribution in [0.3, 0.4) is 0 Å². The average molecular weight is 235 g/mol. The Hall–Kier alpha value is -0.510. The lowest BCUT2D eigenvalue weighted by molar-refractivity contribution is -0.184. The molecule has 0 bridgehead atoms. The molecule has 1 aliphatic rings. The van der Waals surface area contributed by atoms with Crippen molar-refractivity contribution in [2.75, 3.05) is 0 Å². The number of hydrogen-bond acceptors (Lipinski definition) is 1. The van der Waals surface area contributed by atoms with Crippen LogP contribution in [0.25, 0.3) is 0 Å². The topological polar surface area (TPSA) is 26.0 Å². The minimum atomic E-state index is -4.02. The first-order valence-electron chi connectivity index (χ1n) is 5.88. The fraction of sp³-hybridized carbons (Fsp3) is 0.833. The van der Waals surface area contributed by atoms with Crippen LogP contribution in [-0.4, -0.2) is 12.2 Å². The lowest BCUT2D eigenvalue weighted by Crippen LogP contribution is -2.36. The molecule has 1 rings (SSSR count). The lowest BCUT2D eigenvalue weighted by Gasteiger charge is -2.32. The van der Waals surface area contributed by atoms with Crippen LogP contribution in [0.5, 0.6) is 0 Å². The zero-order valence-corrected chi connectivity index (χ0v) is 9.47. The molecule has 4 heteroatoms. The molecule has 0 aromatic heterocycles. The summed E-state index contributed by atoms with van der Waals surface area (Å²) >= 11 is 0. The molecule has 1 nitrogen and oxygen atoms in total. The molecule has 1 aliphatic carbocycles. The third kappa shape index (κ3) is 3.81. The van der Waals surface area contributed by atoms with Gasteiger partial charge in [0.05, 0.1) is 5.92 Å². The van der Waals surface area contributed by atoms with E-state index in [1.165, 1.54) is 0 Å². The van der Waals surface area contributed by atoms with Crippen LogP contribution in [0.2, 0.25) is 0 Å². The average Bonchev–Trinajstić information content (AvgIpc) is 2.25. The van der Waals surface area contributed by atoms with E-state index in [0.717, 1.165) is 12.8 Å². The molecule has 1 unspecified atom stereocenters. The summed E-state index contributed by atoms with van der Waals surface area (Å²) in [6.45, 7) is 3.62. The molecule has 0 aromatic carbocycles. The van der Waals surface area contributed by atoms with Gasteiger partial charge in [-0.1, -0.05) is 6.08 Å². The predicted octanol–water partition coefficient (Wildman–Crippen LogP) is 3.65. The van der Waals surface area contributed by atoms with Crippen molar-refractivity contribution in [1.82, 2.24) is 0 Å². The molecule has 0 radical (unpaired) electrons. The van der Waals surface area contributed by atoms with Crippen molar-refractivity contribution in [2.24, 2.45) is 17.6 Å². The smallest absolute Gasteiger partial charge is 0.327 e. The van der Waals surface area contributed by atoms with Gasteiger partial charge in [-0.2, -0.15) is 13.2 Å². The molecule has 0 aliphatic heterocycles. The van der Waals surface area contributed by atoms with Crippen molar-refractivity contribution in [1.29, 1.82) is 0 Å². The molecule has 0 spiro atoms. The van der Waals surface area contributed by atoms with E-state index in [-0.39, 0.29) is 24.8 Å². The third-order valence-electron chi connectivity index (χ3n) is 3.54. The highest BCUT2D eigenvalue weighted by atomic mass is 19.4. The largest absolute Gasteiger partial charge is 0.391 e. The maximum Gasteiger partial charge on any atom is 0.391 e. The summed E-state index contributed by atoms with van der Waals surface area (Å²) in [7, 11) is 0. The Morgan fingerprint density at radius 3 is 2.25 bits per heavy atom. The zero-order chi connectivity index (χ0) is 12.2. The Morgan fingerprint density at radius 1 is 1.25 bits per heavy atom. The predicted molar refractivity (Wildman–Crippen MR) is 58.9 cm³/mol. The molecule has 0 heterocycles. The highest BCUT2D eigenvalue weighted by molar-refractivity contribution is 4.83. The zero-order valence-electron chi connectivity index (χ0n) is 9.47. The number of hydrogen-bond donors (Lipinski definition) is 1. The van der Waals surface area contributed by atoms with E-state index in [1.54, 1.807) is 6.08 Å². The molecule has 16 heavy (non-hydrogen) atoms. The Balaban J connectivity index is 2.34. The molecule has 94 valence electrons. The minimum Gasteiger partial charge on any atom is -0.327 e. The summed E-state index contributed by atoms with van der Waals surface area (Å²) in [4.78, 5) is 0. The Labute approximate surface area is 94.9 Å². The first-order chi connectivity index (χ1) is 7.45. The van der Waals surface area contributed by atoms with Gasteiger partial charge in [-0.15, -0.1) is 6.58 Å². The van der Waals surface area contributed by atoms with Gasteiger partial charge in [-0.25, -0.2) is 0 Å². The molecule has 1 saturated carbocycles. The van der Waals surface area contributed by atoms with Crippen LogP contribution in [0, 0.1) is 11.8 Å². The van der Waals surface area contributed by atoms with Crippen molar-refractivity contribution >= 4 is 0 Å². The van der Waals surface area contributed by atoms with Crippen molar-refractivity contribution < 1.29 is 13.2 Å². The maximum atomic E-state index is 12.4. The summed E-state index contributed by atoms with van der Waals surface area (Å²) in [5, 5.41) is 0. The van der Waals surface area contributed by atoms with Crippen LogP contribution in [-0.2, 0) is 0 Å². The van der Waals surface area contributed by atoms with Crippen LogP contribution in [0.4, 0.5) is 13.2 Å². The highest BCUT2D eigenvalue weighted by Gasteiger charge is 2.41. The second-order valence-corrected chi connectivity index (χ2v) is 4.68. The summed E-state index contributed by atoms with van der Waals surface area (Å²) in [6.07, 6.45) is 1.19. The van der Waals surface area contributed by atoms with Gasteiger partial charge >= 0.3 is 6.18 Å². The van der Waals surface area contributed by atoms with Crippen molar-refractivity contribution in [3.05, 3.63) is 12.7 Å². The Bertz CT molecular complexity index is 217. The molecule has 1 fully saturated rings. The van der Waals surface area contributed by atoms with Crippen LogP contribution in [0.15, 0.2) is 12.7 Å². The van der Waals surface area contributed by atoms with Crippen LogP contribution in [0.1, 0.15) is 38.5 Å². The SMILES string of the molecule is C=CCCC(N)C1CCC(C(F)(F)F)CC1. The fourth-order valence-corrected chi connectivity index (χ4v) is 2.42. The number of alkyl halides is 3. The molecule has 0 aromatic rings. The van der Waals surface area contributed by atoms with Gasteiger partial charge in [-0.05, 0) is 44.4 Å². The van der Waals surface area contributed by atoms with E-state index in [9.17, 15) is 13.2 Å². The first kappa shape index (κ1) is 13.6. The van der Waals surface area contributed by atoms with Gasteiger partial charge in [-0.3, -0.25) is 0 Å². The second-order valence-electron chi connectivity index (χ2n) is 4.68. The fourth-order valence-electron chi connectivity index (χ4n) is 2.42. The van der Waals surface area contributed by atoms with Gasteiger partial charge < -0.3 is 5.73 Å². The standard InChI is InChI=1S/C12H20F3N/c1-2-3-4-11(16)9-5-7-10(8-6-9)12(13,14)15/h2,9-11H,1,3-8,16H2. The highest BCUT2D eigenvalue weighted by Crippen LogP contribution is 2.40. The number of nitrogens with two attached hydrogens (primary N) is 1. The number of rotatable bonds is 4. The van der Waals surface area contributed by atoms with E-state index >= 15 is 0 Å². The maximum absolute atomic E-state index is 12.4. The van der Waals surface area contributed by atoms with Crippen molar-refractivity contribution in [2.45, 2.75) is 50.7 Å². The second kappa shape index (κ2) is 5.71. The summed E-state index contributed by atoms with van der Waals surface area (Å²) in [6, 6.07) is 0.0344. The molecule has 0 saturated heterocycles. The normalized spacial score (nSPS) is 28.8. The molecule has 0 amide bonds. The van der Waals surface area contributed by atoms with E-state index in [4.69, 9.17) is 5.73 Å². The number of allylic oxidation sites excluding steroid dienone is 1. The van der Waals surface area contributed by atoms with E-state index < -0.39 is 12.1 Å². The van der Waals surface area contributed by atoms with Crippen molar-refractivity contribution in [3.63, 3.8) is 0 Å². The Kier molecular flexibility index (Phi) is 4.84. The van der Waals surface area contributed by atoms with E-state index in [0.29, 0.717) is 12.8 Å². The molecule has 2 N–H and O–H groups in total. The summed E-state index contributed by atoms with van der Waals surface area (Å²) in [5.41, 5.74) is 5.96. The van der Waals surface area contributed by atoms with Gasteiger partial charge in [0.25, 0.3) is 0 Å². The van der Waals surface area contributed by atoms with Gasteiger partial charge in [0.1, 0.15) is 0 Å². The summed E-state index contributed by atoms with van der Waals surface area (Å²) < 4.78 is 37.3.